The first-order valence-electron chi connectivity index (χ1n) is 8.33. The monoisotopic (exact) mass is 354 g/mol. The van der Waals surface area contributed by atoms with Crippen molar-refractivity contribution in [2.45, 2.75) is 32.2 Å². The molecule has 0 radical (unpaired) electrons. The van der Waals surface area contributed by atoms with Gasteiger partial charge in [0.2, 0.25) is 0 Å². The number of aliphatic hydroxyl groups excluding tert-OH is 2. The largest absolute Gasteiger partial charge is 0.445 e. The second-order valence-electron chi connectivity index (χ2n) is 5.92. The number of ether oxygens (including phenoxy) is 1. The second kappa shape index (κ2) is 9.56. The van der Waals surface area contributed by atoms with Crippen molar-refractivity contribution in [3.63, 3.8) is 0 Å². The van der Waals surface area contributed by atoms with Crippen LogP contribution in [-0.4, -0.2) is 29.0 Å². The predicted octanol–water partition coefficient (Wildman–Crippen LogP) is 2.58. The van der Waals surface area contributed by atoms with E-state index in [9.17, 15) is 15.0 Å². The molecular formula is C20H22N2O4. The topological polar surface area (TPSA) is 103 Å². The van der Waals surface area contributed by atoms with Crippen molar-refractivity contribution in [1.82, 2.24) is 5.32 Å². The normalized spacial score (nSPS) is 12.7. The highest BCUT2D eigenvalue weighted by Crippen LogP contribution is 2.24. The fourth-order valence-electron chi connectivity index (χ4n) is 2.56. The van der Waals surface area contributed by atoms with Crippen LogP contribution in [-0.2, 0) is 11.3 Å². The van der Waals surface area contributed by atoms with Crippen molar-refractivity contribution in [1.29, 1.82) is 5.26 Å². The Kier molecular flexibility index (Phi) is 7.15. The van der Waals surface area contributed by atoms with E-state index in [-0.39, 0.29) is 19.6 Å². The number of amides is 1. The van der Waals surface area contributed by atoms with Gasteiger partial charge < -0.3 is 20.3 Å². The van der Waals surface area contributed by atoms with E-state index in [2.05, 4.69) is 5.32 Å². The molecular weight excluding hydrogens is 332 g/mol. The van der Waals surface area contributed by atoms with Crippen LogP contribution in [0.5, 0.6) is 0 Å². The maximum Gasteiger partial charge on any atom is 0.407 e. The van der Waals surface area contributed by atoms with Gasteiger partial charge in [-0.1, -0.05) is 42.5 Å². The van der Waals surface area contributed by atoms with Crippen LogP contribution in [0.1, 0.15) is 34.8 Å². The molecule has 6 nitrogen and oxygen atoms in total. The molecule has 26 heavy (non-hydrogen) atoms. The van der Waals surface area contributed by atoms with Crippen LogP contribution in [0.3, 0.4) is 0 Å². The van der Waals surface area contributed by atoms with Crippen LogP contribution < -0.4 is 5.32 Å². The van der Waals surface area contributed by atoms with Gasteiger partial charge in [0.1, 0.15) is 12.7 Å². The minimum absolute atomic E-state index is 0.151. The number of benzene rings is 2. The number of hydrogen-bond donors (Lipinski definition) is 3. The summed E-state index contributed by atoms with van der Waals surface area (Å²) in [7, 11) is 0. The lowest BCUT2D eigenvalue weighted by Gasteiger charge is -2.20. The third-order valence-corrected chi connectivity index (χ3v) is 4.10. The number of nitrogens with zero attached hydrogens (tertiary/aromatic N) is 1. The number of nitriles is 1. The summed E-state index contributed by atoms with van der Waals surface area (Å²) in [6.07, 6.45) is -2.64. The number of nitrogens with one attached hydrogen (secondary N) is 1. The molecule has 0 saturated carbocycles. The van der Waals surface area contributed by atoms with Crippen LogP contribution in [0.2, 0.25) is 0 Å². The van der Waals surface area contributed by atoms with Gasteiger partial charge in [-0.3, -0.25) is 0 Å². The molecule has 6 heteroatoms. The molecule has 136 valence electrons. The van der Waals surface area contributed by atoms with Crippen molar-refractivity contribution in [3.8, 4) is 6.07 Å². The summed E-state index contributed by atoms with van der Waals surface area (Å²) < 4.78 is 5.07. The molecule has 0 aliphatic carbocycles. The first kappa shape index (κ1) is 19.4. The summed E-state index contributed by atoms with van der Waals surface area (Å²) in [6.45, 7) is 2.05. The Morgan fingerprint density at radius 2 is 1.92 bits per heavy atom. The van der Waals surface area contributed by atoms with Gasteiger partial charge >= 0.3 is 6.09 Å². The summed E-state index contributed by atoms with van der Waals surface area (Å²) >= 11 is 0. The molecule has 2 rings (SSSR count). The molecule has 0 fully saturated rings. The smallest absolute Gasteiger partial charge is 0.407 e. The van der Waals surface area contributed by atoms with Crippen molar-refractivity contribution in [3.05, 3.63) is 70.8 Å². The fourth-order valence-corrected chi connectivity index (χ4v) is 2.56. The molecule has 0 spiro atoms. The zero-order valence-corrected chi connectivity index (χ0v) is 14.6. The first-order chi connectivity index (χ1) is 12.5. The minimum atomic E-state index is -1.13. The predicted molar refractivity (Wildman–Crippen MR) is 96.1 cm³/mol. The Balaban J connectivity index is 1.78. The summed E-state index contributed by atoms with van der Waals surface area (Å²) in [5.41, 5.74) is 2.47. The fraction of sp³-hybridized carbons (Fsp3) is 0.300. The van der Waals surface area contributed by atoms with Gasteiger partial charge in [0.05, 0.1) is 17.7 Å². The van der Waals surface area contributed by atoms with Crippen LogP contribution in [0.4, 0.5) is 4.79 Å². The van der Waals surface area contributed by atoms with Crippen LogP contribution in [0.15, 0.2) is 48.5 Å². The van der Waals surface area contributed by atoms with Crippen LogP contribution >= 0.6 is 0 Å². The quantitative estimate of drug-likeness (QED) is 0.709. The molecule has 2 aromatic rings. The van der Waals surface area contributed by atoms with Gasteiger partial charge in [-0.2, -0.15) is 5.26 Å². The third kappa shape index (κ3) is 5.31. The molecule has 0 heterocycles. The SMILES string of the molecule is Cc1c(C#N)cccc1C(O)C(O)CCNC(=O)OCc1ccccc1. The minimum Gasteiger partial charge on any atom is -0.445 e. The molecule has 2 atom stereocenters. The van der Waals surface area contributed by atoms with Crippen molar-refractivity contribution in [2.75, 3.05) is 6.54 Å². The third-order valence-electron chi connectivity index (χ3n) is 4.10. The molecule has 1 amide bonds. The van der Waals surface area contributed by atoms with Gasteiger partial charge in [0.25, 0.3) is 0 Å². The standard InChI is InChI=1S/C20H22N2O4/c1-14-16(12-21)8-5-9-17(14)19(24)18(23)10-11-22-20(25)26-13-15-6-3-2-4-7-15/h2-9,18-19,23-24H,10-11,13H2,1H3,(H,22,25). The Morgan fingerprint density at radius 3 is 2.62 bits per heavy atom. The lowest BCUT2D eigenvalue weighted by molar-refractivity contribution is 0.0132. The van der Waals surface area contributed by atoms with Crippen LogP contribution in [0.25, 0.3) is 0 Å². The van der Waals surface area contributed by atoms with Gasteiger partial charge in [-0.15, -0.1) is 0 Å². The average molecular weight is 354 g/mol. The first-order valence-corrected chi connectivity index (χ1v) is 8.33. The molecule has 0 bridgehead atoms. The Hall–Kier alpha value is -2.88. The van der Waals surface area contributed by atoms with E-state index in [1.165, 1.54) is 0 Å². The molecule has 0 saturated heterocycles. The molecule has 2 unspecified atom stereocenters. The van der Waals surface area contributed by atoms with Gasteiger partial charge in [-0.25, -0.2) is 4.79 Å². The number of alkyl carbamates (subject to hydrolysis) is 1. The van der Waals surface area contributed by atoms with E-state index in [0.717, 1.165) is 5.56 Å². The lowest BCUT2D eigenvalue weighted by atomic mass is 9.95. The highest BCUT2D eigenvalue weighted by molar-refractivity contribution is 5.67. The summed E-state index contributed by atoms with van der Waals surface area (Å²) in [6, 6.07) is 16.3. The maximum atomic E-state index is 11.7. The number of carbonyl (C=O) groups excluding carboxylic acids is 1. The number of aliphatic hydroxyl groups is 2. The van der Waals surface area contributed by atoms with E-state index in [4.69, 9.17) is 10.00 Å². The Labute approximate surface area is 152 Å². The highest BCUT2D eigenvalue weighted by atomic mass is 16.5. The Morgan fingerprint density at radius 1 is 1.19 bits per heavy atom. The number of carbonyl (C=O) groups is 1. The van der Waals surface area contributed by atoms with Crippen molar-refractivity contribution in [2.24, 2.45) is 0 Å². The molecule has 0 aliphatic heterocycles. The van der Waals surface area contributed by atoms with Gasteiger partial charge in [0, 0.05) is 6.54 Å². The van der Waals surface area contributed by atoms with E-state index in [0.29, 0.717) is 16.7 Å². The average Bonchev–Trinajstić information content (AvgIpc) is 2.66. The summed E-state index contributed by atoms with van der Waals surface area (Å²) in [4.78, 5) is 11.7. The van der Waals surface area contributed by atoms with Crippen molar-refractivity contribution >= 4 is 6.09 Å². The maximum absolute atomic E-state index is 11.7. The number of hydrogen-bond acceptors (Lipinski definition) is 5. The summed E-state index contributed by atoms with van der Waals surface area (Å²) in [5, 5.41) is 32.0. The molecule has 0 aromatic heterocycles. The summed E-state index contributed by atoms with van der Waals surface area (Å²) in [5.74, 6) is 0. The zero-order chi connectivity index (χ0) is 18.9. The van der Waals surface area contributed by atoms with Gasteiger partial charge in [0.15, 0.2) is 0 Å². The second-order valence-corrected chi connectivity index (χ2v) is 5.92. The Bertz CT molecular complexity index is 771. The van der Waals surface area contributed by atoms with Gasteiger partial charge in [-0.05, 0) is 36.1 Å². The van der Waals surface area contributed by atoms with E-state index < -0.39 is 18.3 Å². The van der Waals surface area contributed by atoms with E-state index >= 15 is 0 Å². The zero-order valence-electron chi connectivity index (χ0n) is 14.6. The lowest BCUT2D eigenvalue weighted by Crippen LogP contribution is -2.30. The molecule has 3 N–H and O–H groups in total. The van der Waals surface area contributed by atoms with Crippen molar-refractivity contribution < 1.29 is 19.7 Å². The molecule has 0 aliphatic rings. The highest BCUT2D eigenvalue weighted by Gasteiger charge is 2.21. The molecule has 2 aromatic carbocycles. The van der Waals surface area contributed by atoms with E-state index in [1.54, 1.807) is 25.1 Å². The number of rotatable bonds is 7. The van der Waals surface area contributed by atoms with Crippen LogP contribution in [0, 0.1) is 18.3 Å². The van der Waals surface area contributed by atoms with E-state index in [1.807, 2.05) is 36.4 Å².